The highest BCUT2D eigenvalue weighted by Crippen LogP contribution is 2.25. The number of rotatable bonds is 13. The van der Waals surface area contributed by atoms with E-state index in [2.05, 4.69) is 13.8 Å². The summed E-state index contributed by atoms with van der Waals surface area (Å²) in [4.78, 5) is 21.6. The van der Waals surface area contributed by atoms with Gasteiger partial charge in [-0.2, -0.15) is 0 Å². The molecule has 0 atom stereocenters. The summed E-state index contributed by atoms with van der Waals surface area (Å²) < 4.78 is 8.88. The van der Waals surface area contributed by atoms with Crippen LogP contribution in [0.4, 0.5) is 0 Å². The van der Waals surface area contributed by atoms with Gasteiger partial charge in [0.25, 0.3) is 0 Å². The van der Waals surface area contributed by atoms with Crippen LogP contribution in [0.5, 0.6) is 0 Å². The van der Waals surface area contributed by atoms with Gasteiger partial charge in [-0.15, -0.1) is 0 Å². The van der Waals surface area contributed by atoms with Gasteiger partial charge in [0.2, 0.25) is 0 Å². The van der Waals surface area contributed by atoms with Crippen molar-refractivity contribution in [2.45, 2.75) is 104 Å². The van der Waals surface area contributed by atoms with Crippen LogP contribution in [0.1, 0.15) is 104 Å². The Bertz CT molecular complexity index is 219. The maximum Gasteiger partial charge on any atom is 0.466 e. The lowest BCUT2D eigenvalue weighted by molar-refractivity contribution is 0.275. The van der Waals surface area contributed by atoms with Crippen molar-refractivity contribution in [3.63, 3.8) is 0 Å². The summed E-state index contributed by atoms with van der Waals surface area (Å²) >= 11 is 0. The third-order valence-corrected chi connectivity index (χ3v) is 3.46. The monoisotopic (exact) mass is 402 g/mol. The summed E-state index contributed by atoms with van der Waals surface area (Å²) in [5.74, 6) is 0. The van der Waals surface area contributed by atoms with Crippen LogP contribution in [0.2, 0.25) is 0 Å². The van der Waals surface area contributed by atoms with Crippen LogP contribution in [0, 0.1) is 0 Å². The van der Waals surface area contributed by atoms with Crippen LogP contribution in [0.3, 0.4) is 0 Å². The standard InChI is InChI=1S/C16H34.3Mg.H3O4P.6H/c1-3-5-7-9-11-13-15-16-14-12-10-8-6-4-2;;;;1-5(2,3)4;;;;;;/h3-16H2,1-2H3;;;;(H3,1,2,3,4);;;;;;. The zero-order valence-corrected chi connectivity index (χ0v) is 15.0. The lowest BCUT2D eigenvalue weighted by atomic mass is 10.0. The van der Waals surface area contributed by atoms with Crippen molar-refractivity contribution in [1.82, 2.24) is 0 Å². The summed E-state index contributed by atoms with van der Waals surface area (Å²) in [5, 5.41) is 0. The highest BCUT2D eigenvalue weighted by atomic mass is 31.2. The van der Waals surface area contributed by atoms with Gasteiger partial charge in [0.05, 0.1) is 0 Å². The van der Waals surface area contributed by atoms with E-state index in [0.717, 1.165) is 0 Å². The lowest BCUT2D eigenvalue weighted by Crippen LogP contribution is -1.82. The molecule has 4 nitrogen and oxygen atoms in total. The fourth-order valence-corrected chi connectivity index (χ4v) is 2.27. The van der Waals surface area contributed by atoms with E-state index in [-0.39, 0.29) is 69.2 Å². The second-order valence-corrected chi connectivity index (χ2v) is 6.78. The maximum atomic E-state index is 8.88. The van der Waals surface area contributed by atoms with Crippen molar-refractivity contribution in [2.75, 3.05) is 0 Å². The van der Waals surface area contributed by atoms with Crippen LogP contribution in [0.25, 0.3) is 0 Å². The van der Waals surface area contributed by atoms with E-state index < -0.39 is 7.82 Å². The summed E-state index contributed by atoms with van der Waals surface area (Å²) in [5.41, 5.74) is 0. The van der Waals surface area contributed by atoms with Gasteiger partial charge in [0.15, 0.2) is 0 Å². The van der Waals surface area contributed by atoms with Gasteiger partial charge < -0.3 is 14.7 Å². The van der Waals surface area contributed by atoms with Crippen molar-refractivity contribution >= 4 is 77.0 Å². The molecule has 0 bridgehead atoms. The molecule has 3 N–H and O–H groups in total. The molecular formula is C16H43Mg3O4P. The molecule has 0 aromatic carbocycles. The fraction of sp³-hybridized carbons (Fsp3) is 1.00. The topological polar surface area (TPSA) is 77.8 Å². The quantitative estimate of drug-likeness (QED) is 0.251. The van der Waals surface area contributed by atoms with Crippen LogP contribution >= 0.6 is 7.82 Å². The van der Waals surface area contributed by atoms with Crippen LogP contribution in [-0.4, -0.2) is 83.8 Å². The Balaban J connectivity index is -0.000000132. The van der Waals surface area contributed by atoms with E-state index in [1.807, 2.05) is 0 Å². The summed E-state index contributed by atoms with van der Waals surface area (Å²) in [6, 6.07) is 0. The Hall–Kier alpha value is 2.41. The fourth-order valence-electron chi connectivity index (χ4n) is 2.27. The number of phosphoric acid groups is 1. The lowest BCUT2D eigenvalue weighted by Gasteiger charge is -2.02. The minimum Gasteiger partial charge on any atom is -0.303 e. The zero-order chi connectivity index (χ0) is 16.4. The van der Waals surface area contributed by atoms with Crippen LogP contribution in [-0.2, 0) is 4.57 Å². The van der Waals surface area contributed by atoms with E-state index in [9.17, 15) is 0 Å². The molecule has 8 heteroatoms. The predicted octanol–water partition coefficient (Wildman–Crippen LogP) is 2.81. The highest BCUT2D eigenvalue weighted by molar-refractivity contribution is 7.45. The van der Waals surface area contributed by atoms with Crippen molar-refractivity contribution < 1.29 is 19.2 Å². The Morgan fingerprint density at radius 3 is 0.750 bits per heavy atom. The van der Waals surface area contributed by atoms with Crippen LogP contribution in [0.15, 0.2) is 0 Å². The molecule has 0 spiro atoms. The number of hydrogen-bond acceptors (Lipinski definition) is 1. The van der Waals surface area contributed by atoms with Gasteiger partial charge in [-0.1, -0.05) is 104 Å². The average Bonchev–Trinajstić information content (AvgIpc) is 2.38. The molecule has 0 aliphatic heterocycles. The summed E-state index contributed by atoms with van der Waals surface area (Å²) in [7, 11) is -4.64. The molecule has 0 aromatic heterocycles. The zero-order valence-electron chi connectivity index (χ0n) is 14.1. The van der Waals surface area contributed by atoms with Crippen molar-refractivity contribution in [3.8, 4) is 0 Å². The molecule has 0 rings (SSSR count). The van der Waals surface area contributed by atoms with E-state index in [0.29, 0.717) is 0 Å². The van der Waals surface area contributed by atoms with E-state index >= 15 is 0 Å². The van der Waals surface area contributed by atoms with Gasteiger partial charge in [-0.05, 0) is 0 Å². The molecule has 0 aliphatic rings. The van der Waals surface area contributed by atoms with Crippen molar-refractivity contribution in [2.24, 2.45) is 0 Å². The molecule has 0 fully saturated rings. The summed E-state index contributed by atoms with van der Waals surface area (Å²) in [6.45, 7) is 4.58. The molecule has 0 amide bonds. The number of unbranched alkanes of at least 4 members (excludes halogenated alkanes) is 13. The largest absolute Gasteiger partial charge is 0.466 e. The van der Waals surface area contributed by atoms with E-state index in [1.165, 1.54) is 89.9 Å². The second kappa shape index (κ2) is 30.1. The first-order valence-corrected chi connectivity index (χ1v) is 10.3. The maximum absolute atomic E-state index is 8.88. The van der Waals surface area contributed by atoms with Gasteiger partial charge >= 0.3 is 77.0 Å². The molecule has 142 valence electrons. The minimum atomic E-state index is -4.64. The molecular weight excluding hydrogens is 360 g/mol. The van der Waals surface area contributed by atoms with Crippen LogP contribution < -0.4 is 0 Å². The van der Waals surface area contributed by atoms with E-state index in [1.54, 1.807) is 0 Å². The molecule has 0 radical (unpaired) electrons. The van der Waals surface area contributed by atoms with E-state index in [4.69, 9.17) is 19.2 Å². The molecule has 0 heterocycles. The van der Waals surface area contributed by atoms with Gasteiger partial charge in [-0.3, -0.25) is 0 Å². The number of hydrogen-bond donors (Lipinski definition) is 3. The average molecular weight is 403 g/mol. The normalized spacial score (nSPS) is 9.71. The Labute approximate surface area is 198 Å². The van der Waals surface area contributed by atoms with Gasteiger partial charge in [0.1, 0.15) is 0 Å². The predicted molar refractivity (Wildman–Crippen MR) is 116 cm³/mol. The molecule has 0 saturated carbocycles. The highest BCUT2D eigenvalue weighted by Gasteiger charge is 2.00. The van der Waals surface area contributed by atoms with Gasteiger partial charge in [-0.25, -0.2) is 4.57 Å². The minimum absolute atomic E-state index is 0. The van der Waals surface area contributed by atoms with Crippen molar-refractivity contribution in [1.29, 1.82) is 0 Å². The Morgan fingerprint density at radius 1 is 0.500 bits per heavy atom. The third kappa shape index (κ3) is 56.3. The molecule has 0 unspecified atom stereocenters. The first kappa shape index (κ1) is 37.2. The first-order valence-electron chi connectivity index (χ1n) is 8.70. The van der Waals surface area contributed by atoms with Crippen molar-refractivity contribution in [3.05, 3.63) is 0 Å². The van der Waals surface area contributed by atoms with Gasteiger partial charge in [0, 0.05) is 0 Å². The second-order valence-electron chi connectivity index (χ2n) is 5.76. The molecule has 0 aliphatic carbocycles. The molecule has 0 aromatic rings. The third-order valence-electron chi connectivity index (χ3n) is 3.46. The Kier molecular flexibility index (Phi) is 46.7. The Morgan fingerprint density at radius 2 is 0.625 bits per heavy atom. The molecule has 0 saturated heterocycles. The molecule has 24 heavy (non-hydrogen) atoms. The SMILES string of the molecule is CCCCCCCCCCCCCCCC.O=P(O)(O)O.[MgH2].[MgH2].[MgH2]. The summed E-state index contributed by atoms with van der Waals surface area (Å²) in [6.07, 6.45) is 20.4. The first-order chi connectivity index (χ1) is 9.91. The smallest absolute Gasteiger partial charge is 0.303 e.